The zero-order chi connectivity index (χ0) is 17.1. The van der Waals surface area contributed by atoms with Crippen LogP contribution in [0.4, 0.5) is 0 Å². The minimum atomic E-state index is -3.38. The summed E-state index contributed by atoms with van der Waals surface area (Å²) in [6, 6.07) is 8.88. The Labute approximate surface area is 142 Å². The van der Waals surface area contributed by atoms with Gasteiger partial charge in [-0.15, -0.1) is 0 Å². The van der Waals surface area contributed by atoms with Crippen LogP contribution in [0.3, 0.4) is 0 Å². The zero-order valence-corrected chi connectivity index (χ0v) is 16.5. The van der Waals surface area contributed by atoms with E-state index in [0.29, 0.717) is 16.2 Å². The van der Waals surface area contributed by atoms with Crippen LogP contribution in [0.2, 0.25) is 19.6 Å². The fourth-order valence-corrected chi connectivity index (χ4v) is 6.40. The number of sulfone groups is 1. The molecule has 1 aromatic carbocycles. The van der Waals surface area contributed by atoms with E-state index >= 15 is 0 Å². The lowest BCUT2D eigenvalue weighted by molar-refractivity contribution is 0.598. The van der Waals surface area contributed by atoms with Crippen molar-refractivity contribution in [1.82, 2.24) is 0 Å². The summed E-state index contributed by atoms with van der Waals surface area (Å²) in [6.45, 7) is 9.01. The van der Waals surface area contributed by atoms with Crippen molar-refractivity contribution < 1.29 is 8.42 Å². The van der Waals surface area contributed by atoms with Gasteiger partial charge in [-0.05, 0) is 49.8 Å². The molecule has 1 aliphatic carbocycles. The molecular formula is C19H28O2SSi. The third kappa shape index (κ3) is 4.45. The second kappa shape index (κ2) is 7.18. The lowest BCUT2D eigenvalue weighted by atomic mass is 10.0. The van der Waals surface area contributed by atoms with Crippen LogP contribution in [-0.2, 0) is 9.84 Å². The number of allylic oxidation sites excluding steroid dienone is 3. The molecule has 0 bridgehead atoms. The second-order valence-electron chi connectivity index (χ2n) is 7.31. The molecule has 0 spiro atoms. The molecule has 2 rings (SSSR count). The SMILES string of the molecule is CCC1=C(S(=O)(=O)c2ccccc2)CCCCC1=C[Si](C)(C)C. The van der Waals surface area contributed by atoms with E-state index in [1.807, 2.05) is 6.07 Å². The number of hydrogen-bond donors (Lipinski definition) is 0. The van der Waals surface area contributed by atoms with Gasteiger partial charge in [-0.25, -0.2) is 8.42 Å². The first-order valence-corrected chi connectivity index (χ1v) is 13.6. The molecule has 0 saturated carbocycles. The van der Waals surface area contributed by atoms with E-state index in [9.17, 15) is 8.42 Å². The number of hydrogen-bond acceptors (Lipinski definition) is 2. The van der Waals surface area contributed by atoms with Crippen LogP contribution in [0, 0.1) is 0 Å². The number of benzene rings is 1. The van der Waals surface area contributed by atoms with Gasteiger partial charge in [0.25, 0.3) is 0 Å². The summed E-state index contributed by atoms with van der Waals surface area (Å²) >= 11 is 0. The molecule has 0 N–H and O–H groups in total. The molecule has 1 aromatic rings. The van der Waals surface area contributed by atoms with Crippen LogP contribution in [-0.4, -0.2) is 16.5 Å². The molecule has 0 unspecified atom stereocenters. The Bertz CT molecular complexity index is 707. The maximum absolute atomic E-state index is 13.1. The van der Waals surface area contributed by atoms with Crippen LogP contribution in [0.5, 0.6) is 0 Å². The Morgan fingerprint density at radius 3 is 2.22 bits per heavy atom. The monoisotopic (exact) mass is 348 g/mol. The molecule has 0 radical (unpaired) electrons. The van der Waals surface area contributed by atoms with Crippen molar-refractivity contribution in [2.24, 2.45) is 0 Å². The Kier molecular flexibility index (Phi) is 5.68. The maximum Gasteiger partial charge on any atom is 0.203 e. The molecular weight excluding hydrogens is 320 g/mol. The molecule has 0 aromatic heterocycles. The summed E-state index contributed by atoms with van der Waals surface area (Å²) in [5.41, 5.74) is 4.77. The molecule has 2 nitrogen and oxygen atoms in total. The van der Waals surface area contributed by atoms with Crippen LogP contribution in [0.15, 0.2) is 57.0 Å². The molecule has 0 fully saturated rings. The Morgan fingerprint density at radius 2 is 1.65 bits per heavy atom. The molecule has 0 saturated heterocycles. The van der Waals surface area contributed by atoms with Gasteiger partial charge in [-0.1, -0.05) is 56.0 Å². The lowest BCUT2D eigenvalue weighted by Gasteiger charge is -2.18. The fourth-order valence-electron chi connectivity index (χ4n) is 3.23. The van der Waals surface area contributed by atoms with Crippen molar-refractivity contribution in [2.75, 3.05) is 0 Å². The van der Waals surface area contributed by atoms with E-state index in [0.717, 1.165) is 31.3 Å². The van der Waals surface area contributed by atoms with Gasteiger partial charge >= 0.3 is 0 Å². The van der Waals surface area contributed by atoms with Gasteiger partial charge in [0.15, 0.2) is 0 Å². The van der Waals surface area contributed by atoms with Gasteiger partial charge in [0.05, 0.1) is 17.9 Å². The largest absolute Gasteiger partial charge is 0.219 e. The maximum atomic E-state index is 13.1. The molecule has 0 heterocycles. The summed E-state index contributed by atoms with van der Waals surface area (Å²) in [7, 11) is -4.76. The van der Waals surface area contributed by atoms with Gasteiger partial charge in [0.1, 0.15) is 0 Å². The van der Waals surface area contributed by atoms with Crippen molar-refractivity contribution >= 4 is 17.9 Å². The second-order valence-corrected chi connectivity index (χ2v) is 14.3. The van der Waals surface area contributed by atoms with Crippen LogP contribution in [0.1, 0.15) is 39.0 Å². The molecule has 0 aliphatic heterocycles. The van der Waals surface area contributed by atoms with Crippen molar-refractivity contribution in [1.29, 1.82) is 0 Å². The molecule has 0 atom stereocenters. The molecule has 23 heavy (non-hydrogen) atoms. The van der Waals surface area contributed by atoms with Crippen LogP contribution < -0.4 is 0 Å². The highest BCUT2D eigenvalue weighted by molar-refractivity contribution is 7.95. The highest BCUT2D eigenvalue weighted by Gasteiger charge is 2.27. The molecule has 126 valence electrons. The standard InChI is InChI=1S/C19H28O2SSi/c1-5-18-16(15-23(2,3)4)11-9-10-14-19(18)22(20,21)17-12-7-6-8-13-17/h6-8,12-13,15H,5,9-11,14H2,1-4H3. The first kappa shape index (κ1) is 18.2. The molecule has 4 heteroatoms. The zero-order valence-electron chi connectivity index (χ0n) is 14.7. The Morgan fingerprint density at radius 1 is 1.04 bits per heavy atom. The predicted octanol–water partition coefficient (Wildman–Crippen LogP) is 5.50. The quantitative estimate of drug-likeness (QED) is 0.673. The van der Waals surface area contributed by atoms with Crippen molar-refractivity contribution in [3.63, 3.8) is 0 Å². The van der Waals surface area contributed by atoms with E-state index in [1.165, 1.54) is 5.57 Å². The predicted molar refractivity (Wildman–Crippen MR) is 101 cm³/mol. The first-order chi connectivity index (χ1) is 10.8. The van der Waals surface area contributed by atoms with Crippen molar-refractivity contribution in [3.05, 3.63) is 52.1 Å². The van der Waals surface area contributed by atoms with E-state index in [-0.39, 0.29) is 0 Å². The summed E-state index contributed by atoms with van der Waals surface area (Å²) in [5, 5.41) is 0. The van der Waals surface area contributed by atoms with Crippen molar-refractivity contribution in [2.45, 2.75) is 63.6 Å². The number of rotatable bonds is 4. The third-order valence-corrected chi connectivity index (χ3v) is 7.37. The smallest absolute Gasteiger partial charge is 0.203 e. The topological polar surface area (TPSA) is 34.1 Å². The van der Waals surface area contributed by atoms with Crippen LogP contribution in [0.25, 0.3) is 0 Å². The summed E-state index contributed by atoms with van der Waals surface area (Å²) < 4.78 is 26.3. The summed E-state index contributed by atoms with van der Waals surface area (Å²) in [5.74, 6) is 0. The van der Waals surface area contributed by atoms with E-state index in [2.05, 4.69) is 32.3 Å². The minimum absolute atomic E-state index is 0.426. The molecule has 1 aliphatic rings. The highest BCUT2D eigenvalue weighted by atomic mass is 32.2. The normalized spacial score (nSPS) is 19.0. The Hall–Kier alpha value is -1.13. The van der Waals surface area contributed by atoms with Gasteiger partial charge in [0, 0.05) is 0 Å². The summed E-state index contributed by atoms with van der Waals surface area (Å²) in [6.07, 6.45) is 4.50. The van der Waals surface area contributed by atoms with Gasteiger partial charge in [-0.3, -0.25) is 0 Å². The van der Waals surface area contributed by atoms with E-state index in [1.54, 1.807) is 24.3 Å². The average molecular weight is 349 g/mol. The highest BCUT2D eigenvalue weighted by Crippen LogP contribution is 2.36. The fraction of sp³-hybridized carbons (Fsp3) is 0.474. The van der Waals surface area contributed by atoms with Gasteiger partial charge in [0.2, 0.25) is 9.84 Å². The average Bonchev–Trinajstić information content (AvgIpc) is 2.68. The lowest BCUT2D eigenvalue weighted by Crippen LogP contribution is -2.18. The Balaban J connectivity index is 2.62. The van der Waals surface area contributed by atoms with Crippen molar-refractivity contribution in [3.8, 4) is 0 Å². The minimum Gasteiger partial charge on any atom is -0.219 e. The summed E-state index contributed by atoms with van der Waals surface area (Å²) in [4.78, 5) is 1.09. The molecule has 0 amide bonds. The van der Waals surface area contributed by atoms with E-state index < -0.39 is 17.9 Å². The third-order valence-electron chi connectivity index (χ3n) is 4.16. The first-order valence-electron chi connectivity index (χ1n) is 8.50. The van der Waals surface area contributed by atoms with Gasteiger partial charge < -0.3 is 0 Å². The van der Waals surface area contributed by atoms with E-state index in [4.69, 9.17) is 0 Å². The van der Waals surface area contributed by atoms with Crippen LogP contribution >= 0.6 is 0 Å². The van der Waals surface area contributed by atoms with Gasteiger partial charge in [-0.2, -0.15) is 0 Å².